The van der Waals surface area contributed by atoms with Crippen LogP contribution in [0, 0.1) is 11.8 Å². The lowest BCUT2D eigenvalue weighted by atomic mass is 9.63. The molecule has 10 nitrogen and oxygen atoms in total. The van der Waals surface area contributed by atoms with Gasteiger partial charge in [-0.2, -0.15) is 0 Å². The van der Waals surface area contributed by atoms with Gasteiger partial charge in [0.1, 0.15) is 18.1 Å². The number of esters is 3. The van der Waals surface area contributed by atoms with E-state index in [1.165, 1.54) is 13.2 Å². The van der Waals surface area contributed by atoms with Gasteiger partial charge in [-0.15, -0.1) is 0 Å². The SMILES string of the molecule is COC(=O)/C=C1/C[C@@H](C)[C@@H](C)[C@@H](OC(=O)c2ccccc2)c2cc3c(c4c2[C@@]1(C(=O)C(=O)OC)CO4)OCO3. The molecule has 1 aliphatic carbocycles. The van der Waals surface area contributed by atoms with Crippen LogP contribution in [0.3, 0.4) is 0 Å². The number of carbonyl (C=O) groups excluding carboxylic acids is 4. The van der Waals surface area contributed by atoms with Crippen molar-refractivity contribution in [1.29, 1.82) is 0 Å². The van der Waals surface area contributed by atoms with E-state index < -0.39 is 35.2 Å². The van der Waals surface area contributed by atoms with E-state index in [-0.39, 0.29) is 48.7 Å². The standard InChI is InChI=1S/C29H28O10/c1-15-10-18(11-21(30)34-3)29(26(31)28(33)35-4)13-36-25-22(29)19(12-20-24(25)38-14-37-20)23(16(15)2)39-27(32)17-8-6-5-7-9-17/h5-9,11-12,15-16,23H,10,13-14H2,1-4H3/b18-11-/t15-,16-,23-,29-/m1/s1. The number of benzene rings is 2. The van der Waals surface area contributed by atoms with Gasteiger partial charge in [-0.1, -0.05) is 32.0 Å². The van der Waals surface area contributed by atoms with Gasteiger partial charge < -0.3 is 28.4 Å². The molecule has 2 aromatic carbocycles. The molecule has 0 saturated heterocycles. The minimum absolute atomic E-state index is 0.0855. The average molecular weight is 537 g/mol. The topological polar surface area (TPSA) is 124 Å². The van der Waals surface area contributed by atoms with Gasteiger partial charge in [0.2, 0.25) is 12.5 Å². The van der Waals surface area contributed by atoms with E-state index in [9.17, 15) is 19.2 Å². The predicted octanol–water partition coefficient (Wildman–Crippen LogP) is 3.46. The minimum atomic E-state index is -1.75. The highest BCUT2D eigenvalue weighted by molar-refractivity contribution is 6.38. The molecule has 0 aromatic heterocycles. The smallest absolute Gasteiger partial charge is 0.375 e. The summed E-state index contributed by atoms with van der Waals surface area (Å²) in [6.07, 6.45) is 0.574. The molecule has 2 heterocycles. The number of hydrogen-bond acceptors (Lipinski definition) is 10. The number of methoxy groups -OCH3 is 2. The first-order chi connectivity index (χ1) is 18.7. The fourth-order valence-corrected chi connectivity index (χ4v) is 5.53. The van der Waals surface area contributed by atoms with Gasteiger partial charge >= 0.3 is 17.9 Å². The lowest BCUT2D eigenvalue weighted by Gasteiger charge is -2.39. The minimum Gasteiger partial charge on any atom is -0.487 e. The third-order valence-corrected chi connectivity index (χ3v) is 7.78. The molecule has 3 aliphatic rings. The first-order valence-corrected chi connectivity index (χ1v) is 12.5. The molecule has 0 N–H and O–H groups in total. The molecule has 0 unspecified atom stereocenters. The van der Waals surface area contributed by atoms with Crippen molar-refractivity contribution in [2.75, 3.05) is 27.6 Å². The van der Waals surface area contributed by atoms with E-state index in [0.29, 0.717) is 22.4 Å². The first kappa shape index (κ1) is 26.3. The molecule has 0 spiro atoms. The Labute approximate surface area is 224 Å². The summed E-state index contributed by atoms with van der Waals surface area (Å²) >= 11 is 0. The highest BCUT2D eigenvalue weighted by Gasteiger charge is 2.58. The summed E-state index contributed by atoms with van der Waals surface area (Å²) in [4.78, 5) is 52.6. The summed E-state index contributed by atoms with van der Waals surface area (Å²) in [6.45, 7) is 3.46. The van der Waals surface area contributed by atoms with Crippen molar-refractivity contribution in [3.63, 3.8) is 0 Å². The molecular weight excluding hydrogens is 508 g/mol. The molecule has 2 aliphatic heterocycles. The Morgan fingerprint density at radius 1 is 0.974 bits per heavy atom. The zero-order valence-corrected chi connectivity index (χ0v) is 22.0. The van der Waals surface area contributed by atoms with E-state index in [0.717, 1.165) is 7.11 Å². The second-order valence-corrected chi connectivity index (χ2v) is 9.84. The molecule has 4 atom stereocenters. The summed E-state index contributed by atoms with van der Waals surface area (Å²) in [6, 6.07) is 10.2. The third-order valence-electron chi connectivity index (χ3n) is 7.78. The summed E-state index contributed by atoms with van der Waals surface area (Å²) in [7, 11) is 2.33. The van der Waals surface area contributed by atoms with Crippen molar-refractivity contribution in [1.82, 2.24) is 0 Å². The van der Waals surface area contributed by atoms with Crippen molar-refractivity contribution < 1.29 is 47.6 Å². The first-order valence-electron chi connectivity index (χ1n) is 12.5. The van der Waals surface area contributed by atoms with Crippen molar-refractivity contribution in [3.05, 3.63) is 64.7 Å². The highest BCUT2D eigenvalue weighted by Crippen LogP contribution is 2.59. The number of fused-ring (bicyclic) bond motifs is 2. The number of ketones is 1. The number of Topliss-reactive ketones (excluding diaryl/α,β-unsaturated/α-hetero) is 1. The van der Waals surface area contributed by atoms with E-state index in [1.807, 2.05) is 13.8 Å². The Morgan fingerprint density at radius 3 is 2.41 bits per heavy atom. The van der Waals surface area contributed by atoms with Crippen LogP contribution in [-0.2, 0) is 34.0 Å². The number of carbonyl (C=O) groups is 4. The third kappa shape index (κ3) is 4.20. The molecule has 0 bridgehead atoms. The van der Waals surface area contributed by atoms with E-state index in [2.05, 4.69) is 0 Å². The van der Waals surface area contributed by atoms with Crippen LogP contribution in [-0.4, -0.2) is 51.3 Å². The largest absolute Gasteiger partial charge is 0.487 e. The molecule has 10 heteroatoms. The number of rotatable bonds is 5. The molecule has 5 rings (SSSR count). The zero-order chi connectivity index (χ0) is 27.9. The highest BCUT2D eigenvalue weighted by atomic mass is 16.7. The van der Waals surface area contributed by atoms with Gasteiger partial charge in [-0.3, -0.25) is 4.79 Å². The Hall–Kier alpha value is -4.34. The van der Waals surface area contributed by atoms with Crippen LogP contribution in [0.1, 0.15) is 47.9 Å². The lowest BCUT2D eigenvalue weighted by molar-refractivity contribution is -0.154. The Kier molecular flexibility index (Phi) is 6.80. The second kappa shape index (κ2) is 10.1. The second-order valence-electron chi connectivity index (χ2n) is 9.84. The summed E-state index contributed by atoms with van der Waals surface area (Å²) < 4.78 is 33.3. The van der Waals surface area contributed by atoms with Crippen LogP contribution in [0.2, 0.25) is 0 Å². The predicted molar refractivity (Wildman–Crippen MR) is 134 cm³/mol. The summed E-state index contributed by atoms with van der Waals surface area (Å²) in [5.74, 6) is -2.99. The van der Waals surface area contributed by atoms with E-state index in [1.54, 1.807) is 36.4 Å². The zero-order valence-electron chi connectivity index (χ0n) is 22.0. The van der Waals surface area contributed by atoms with Gasteiger partial charge in [-0.05, 0) is 36.1 Å². The molecule has 0 amide bonds. The Morgan fingerprint density at radius 2 is 1.72 bits per heavy atom. The van der Waals surface area contributed by atoms with Gasteiger partial charge in [0.15, 0.2) is 11.5 Å². The fourth-order valence-electron chi connectivity index (χ4n) is 5.53. The summed E-state index contributed by atoms with van der Waals surface area (Å²) in [5.41, 5.74) is -0.365. The molecule has 0 saturated carbocycles. The maximum absolute atomic E-state index is 13.9. The molecule has 204 valence electrons. The Bertz CT molecular complexity index is 1380. The molecular formula is C29H28O10. The Balaban J connectivity index is 1.79. The fraction of sp³-hybridized carbons (Fsp3) is 0.379. The monoisotopic (exact) mass is 536 g/mol. The van der Waals surface area contributed by atoms with Gasteiger partial charge in [-0.25, -0.2) is 14.4 Å². The van der Waals surface area contributed by atoms with Crippen molar-refractivity contribution in [2.45, 2.75) is 31.8 Å². The van der Waals surface area contributed by atoms with Crippen molar-refractivity contribution in [2.24, 2.45) is 11.8 Å². The molecule has 0 fully saturated rings. The van der Waals surface area contributed by atoms with E-state index in [4.69, 9.17) is 28.4 Å². The van der Waals surface area contributed by atoms with Gasteiger partial charge in [0, 0.05) is 23.1 Å². The van der Waals surface area contributed by atoms with Gasteiger partial charge in [0.25, 0.3) is 5.78 Å². The normalized spacial score (nSPS) is 25.5. The van der Waals surface area contributed by atoms with Crippen LogP contribution >= 0.6 is 0 Å². The van der Waals surface area contributed by atoms with Crippen LogP contribution in [0.5, 0.6) is 17.2 Å². The number of hydrogen-bond donors (Lipinski definition) is 0. The lowest BCUT2D eigenvalue weighted by Crippen LogP contribution is -2.47. The van der Waals surface area contributed by atoms with Crippen molar-refractivity contribution in [3.8, 4) is 17.2 Å². The van der Waals surface area contributed by atoms with Crippen LogP contribution in [0.25, 0.3) is 0 Å². The van der Waals surface area contributed by atoms with Crippen LogP contribution < -0.4 is 14.2 Å². The maximum Gasteiger partial charge on any atom is 0.375 e. The molecule has 2 aromatic rings. The summed E-state index contributed by atoms with van der Waals surface area (Å²) in [5, 5.41) is 0. The van der Waals surface area contributed by atoms with E-state index >= 15 is 0 Å². The quantitative estimate of drug-likeness (QED) is 0.243. The van der Waals surface area contributed by atoms with Crippen LogP contribution in [0.15, 0.2) is 48.0 Å². The average Bonchev–Trinajstić information content (AvgIpc) is 3.59. The maximum atomic E-state index is 13.9. The van der Waals surface area contributed by atoms with Gasteiger partial charge in [0.05, 0.1) is 19.8 Å². The molecule has 0 radical (unpaired) electrons. The molecule has 39 heavy (non-hydrogen) atoms. The van der Waals surface area contributed by atoms with Crippen LogP contribution in [0.4, 0.5) is 0 Å². The number of ether oxygens (including phenoxy) is 6. The van der Waals surface area contributed by atoms with Crippen molar-refractivity contribution >= 4 is 23.7 Å².